The molecule has 0 aliphatic rings. The van der Waals surface area contributed by atoms with Gasteiger partial charge in [-0.1, -0.05) is 52.9 Å². The number of hydrogen-bond donors (Lipinski definition) is 4. The summed E-state index contributed by atoms with van der Waals surface area (Å²) in [7, 11) is 1.25. The van der Waals surface area contributed by atoms with E-state index in [1.165, 1.54) is 25.3 Å². The van der Waals surface area contributed by atoms with Crippen molar-refractivity contribution in [3.05, 3.63) is 46.5 Å². The number of phenolic OH excluding ortho intramolecular Hbond substituents is 4. The molecule has 0 aromatic heterocycles. The molecule has 0 unspecified atom stereocenters. The third-order valence-corrected chi connectivity index (χ3v) is 5.23. The molecular formula is C27H38O8. The van der Waals surface area contributed by atoms with Crippen LogP contribution in [-0.2, 0) is 22.3 Å². The maximum absolute atomic E-state index is 12.0. The van der Waals surface area contributed by atoms with Gasteiger partial charge in [0.1, 0.15) is 34.1 Å². The molecule has 2 aromatic rings. The highest BCUT2D eigenvalue weighted by Crippen LogP contribution is 2.30. The van der Waals surface area contributed by atoms with E-state index in [0.29, 0.717) is 30.6 Å². The van der Waals surface area contributed by atoms with Gasteiger partial charge in [0, 0.05) is 12.1 Å². The van der Waals surface area contributed by atoms with Gasteiger partial charge in [0.15, 0.2) is 0 Å². The van der Waals surface area contributed by atoms with Gasteiger partial charge >= 0.3 is 11.9 Å². The second kappa shape index (κ2) is 15.5. The molecule has 194 valence electrons. The number of aryl methyl sites for hydroxylation is 2. The minimum atomic E-state index is -0.587. The predicted molar refractivity (Wildman–Crippen MR) is 133 cm³/mol. The number of hydrogen-bond acceptors (Lipinski definition) is 8. The van der Waals surface area contributed by atoms with Gasteiger partial charge in [0.25, 0.3) is 0 Å². The standard InChI is InChI=1S/C16H24O4.C11H14O4/c1-3-5-6-7-9-20-16(19)15-12(8-4-2)10-13(17)11-14(15)18;1-3-4-7-5-8(12)6-9(13)10(7)11(14)15-2/h10-11,17-18H,3-9H2,1-2H3;5-6,12-13H,3-4H2,1-2H3. The zero-order valence-corrected chi connectivity index (χ0v) is 21.1. The number of benzene rings is 2. The smallest absolute Gasteiger partial charge is 0.342 e. The van der Waals surface area contributed by atoms with E-state index in [1.807, 2.05) is 13.8 Å². The maximum Gasteiger partial charge on any atom is 0.342 e. The molecule has 0 saturated heterocycles. The van der Waals surface area contributed by atoms with E-state index in [0.717, 1.165) is 44.6 Å². The average molecular weight is 491 g/mol. The molecule has 4 N–H and O–H groups in total. The number of rotatable bonds is 11. The largest absolute Gasteiger partial charge is 0.508 e. The molecule has 0 aliphatic carbocycles. The molecule has 0 bridgehead atoms. The first-order valence-corrected chi connectivity index (χ1v) is 12.0. The molecule has 0 spiro atoms. The highest BCUT2D eigenvalue weighted by Gasteiger charge is 2.19. The fourth-order valence-electron chi connectivity index (χ4n) is 3.61. The first-order valence-electron chi connectivity index (χ1n) is 12.0. The summed E-state index contributed by atoms with van der Waals surface area (Å²) < 4.78 is 9.77. The minimum Gasteiger partial charge on any atom is -0.508 e. The van der Waals surface area contributed by atoms with Crippen molar-refractivity contribution in [1.82, 2.24) is 0 Å². The fraction of sp³-hybridized carbons (Fsp3) is 0.481. The Labute approximate surface area is 207 Å². The third-order valence-electron chi connectivity index (χ3n) is 5.23. The molecule has 0 fully saturated rings. The second-order valence-corrected chi connectivity index (χ2v) is 8.19. The maximum atomic E-state index is 12.0. The van der Waals surface area contributed by atoms with Crippen LogP contribution >= 0.6 is 0 Å². The van der Waals surface area contributed by atoms with E-state index in [2.05, 4.69) is 11.7 Å². The fourth-order valence-corrected chi connectivity index (χ4v) is 3.61. The van der Waals surface area contributed by atoms with Gasteiger partial charge in [-0.15, -0.1) is 0 Å². The van der Waals surface area contributed by atoms with Crippen molar-refractivity contribution in [1.29, 1.82) is 0 Å². The van der Waals surface area contributed by atoms with Crippen molar-refractivity contribution in [3.8, 4) is 23.0 Å². The van der Waals surface area contributed by atoms with E-state index < -0.39 is 11.9 Å². The summed E-state index contributed by atoms with van der Waals surface area (Å²) in [5, 5.41) is 38.2. The van der Waals surface area contributed by atoms with Crippen molar-refractivity contribution < 1.29 is 39.5 Å². The van der Waals surface area contributed by atoms with E-state index in [4.69, 9.17) is 4.74 Å². The molecule has 0 radical (unpaired) electrons. The van der Waals surface area contributed by atoms with E-state index in [1.54, 1.807) is 0 Å². The first kappa shape index (κ1) is 29.6. The van der Waals surface area contributed by atoms with Crippen LogP contribution in [0.15, 0.2) is 24.3 Å². The Morgan fingerprint density at radius 1 is 0.686 bits per heavy atom. The van der Waals surface area contributed by atoms with Crippen molar-refractivity contribution >= 4 is 11.9 Å². The first-order chi connectivity index (χ1) is 16.7. The van der Waals surface area contributed by atoms with Crippen molar-refractivity contribution in [2.24, 2.45) is 0 Å². The van der Waals surface area contributed by atoms with Crippen LogP contribution in [0.3, 0.4) is 0 Å². The zero-order chi connectivity index (χ0) is 26.4. The Bertz CT molecular complexity index is 968. The monoisotopic (exact) mass is 490 g/mol. The Balaban J connectivity index is 0.000000365. The minimum absolute atomic E-state index is 0.0366. The number of carbonyl (C=O) groups is 2. The Kier molecular flexibility index (Phi) is 13.1. The van der Waals surface area contributed by atoms with Crippen LogP contribution in [0.1, 0.15) is 91.1 Å². The molecule has 0 amide bonds. The summed E-state index contributed by atoms with van der Waals surface area (Å²) in [4.78, 5) is 23.4. The molecule has 0 atom stereocenters. The van der Waals surface area contributed by atoms with Crippen molar-refractivity contribution in [3.63, 3.8) is 0 Å². The normalized spacial score (nSPS) is 10.3. The van der Waals surface area contributed by atoms with Gasteiger partial charge in [-0.3, -0.25) is 0 Å². The van der Waals surface area contributed by atoms with Gasteiger partial charge in [0.05, 0.1) is 13.7 Å². The number of aromatic hydroxyl groups is 4. The lowest BCUT2D eigenvalue weighted by atomic mass is 10.0. The number of carbonyl (C=O) groups excluding carboxylic acids is 2. The Morgan fingerprint density at radius 2 is 1.17 bits per heavy atom. The molecule has 2 aromatic carbocycles. The van der Waals surface area contributed by atoms with Crippen molar-refractivity contribution in [2.45, 2.75) is 72.1 Å². The number of unbranched alkanes of at least 4 members (excludes halogenated alkanes) is 3. The van der Waals surface area contributed by atoms with Crippen LogP contribution in [0.2, 0.25) is 0 Å². The lowest BCUT2D eigenvalue weighted by Gasteiger charge is -2.11. The van der Waals surface area contributed by atoms with Gasteiger partial charge in [-0.05, 0) is 42.5 Å². The topological polar surface area (TPSA) is 134 Å². The molecule has 35 heavy (non-hydrogen) atoms. The average Bonchev–Trinajstić information content (AvgIpc) is 2.78. The van der Waals surface area contributed by atoms with Crippen LogP contribution < -0.4 is 0 Å². The van der Waals surface area contributed by atoms with Crippen LogP contribution in [0.5, 0.6) is 23.0 Å². The summed E-state index contributed by atoms with van der Waals surface area (Å²) in [6, 6.07) is 5.28. The number of ether oxygens (including phenoxy) is 2. The van der Waals surface area contributed by atoms with E-state index in [-0.39, 0.29) is 34.1 Å². The summed E-state index contributed by atoms with van der Waals surface area (Å²) in [5.74, 6) is -1.65. The third kappa shape index (κ3) is 9.39. The molecule has 8 nitrogen and oxygen atoms in total. The summed E-state index contributed by atoms with van der Waals surface area (Å²) >= 11 is 0. The van der Waals surface area contributed by atoms with Gasteiger partial charge in [-0.2, -0.15) is 0 Å². The Morgan fingerprint density at radius 3 is 1.60 bits per heavy atom. The quantitative estimate of drug-likeness (QED) is 0.235. The Hall–Kier alpha value is -3.42. The summed E-state index contributed by atoms with van der Waals surface area (Å²) in [6.45, 7) is 6.41. The van der Waals surface area contributed by atoms with E-state index in [9.17, 15) is 30.0 Å². The number of methoxy groups -OCH3 is 1. The summed E-state index contributed by atoms with van der Waals surface area (Å²) in [5.41, 5.74) is 1.54. The lowest BCUT2D eigenvalue weighted by Crippen LogP contribution is -2.10. The van der Waals surface area contributed by atoms with Gasteiger partial charge < -0.3 is 29.9 Å². The second-order valence-electron chi connectivity index (χ2n) is 8.19. The lowest BCUT2D eigenvalue weighted by molar-refractivity contribution is 0.0492. The van der Waals surface area contributed by atoms with Crippen molar-refractivity contribution in [2.75, 3.05) is 13.7 Å². The van der Waals surface area contributed by atoms with Gasteiger partial charge in [0.2, 0.25) is 0 Å². The van der Waals surface area contributed by atoms with E-state index >= 15 is 0 Å². The molecule has 0 saturated carbocycles. The highest BCUT2D eigenvalue weighted by molar-refractivity contribution is 5.95. The highest BCUT2D eigenvalue weighted by atomic mass is 16.5. The van der Waals surface area contributed by atoms with Gasteiger partial charge in [-0.25, -0.2) is 9.59 Å². The van der Waals surface area contributed by atoms with Crippen LogP contribution in [0.4, 0.5) is 0 Å². The molecular weight excluding hydrogens is 452 g/mol. The summed E-state index contributed by atoms with van der Waals surface area (Å²) in [6.07, 6.45) is 6.98. The predicted octanol–water partition coefficient (Wildman–Crippen LogP) is 5.62. The molecule has 0 aliphatic heterocycles. The number of phenols is 4. The van der Waals surface area contributed by atoms with Crippen LogP contribution in [-0.4, -0.2) is 46.1 Å². The van der Waals surface area contributed by atoms with Crippen LogP contribution in [0.25, 0.3) is 0 Å². The molecule has 0 heterocycles. The molecule has 8 heteroatoms. The SMILES string of the molecule is CCCCCCOC(=O)c1c(O)cc(O)cc1CCC.CCCc1cc(O)cc(O)c1C(=O)OC. The molecule has 2 rings (SSSR count). The zero-order valence-electron chi connectivity index (χ0n) is 21.1. The van der Waals surface area contributed by atoms with Crippen LogP contribution in [0, 0.1) is 0 Å². The number of esters is 2.